The Bertz CT molecular complexity index is 1010. The molecule has 1 aliphatic rings. The van der Waals surface area contributed by atoms with E-state index in [1.54, 1.807) is 37.3 Å². The zero-order chi connectivity index (χ0) is 23.3. The number of ether oxygens (including phenoxy) is 1. The summed E-state index contributed by atoms with van der Waals surface area (Å²) in [7, 11) is 0. The van der Waals surface area contributed by atoms with Gasteiger partial charge >= 0.3 is 5.97 Å². The van der Waals surface area contributed by atoms with Crippen molar-refractivity contribution in [2.24, 2.45) is 5.92 Å². The molecule has 0 bridgehead atoms. The number of nitrogens with zero attached hydrogens (tertiary/aromatic N) is 2. The summed E-state index contributed by atoms with van der Waals surface area (Å²) < 4.78 is 5.44. The van der Waals surface area contributed by atoms with Gasteiger partial charge in [0, 0.05) is 31.0 Å². The van der Waals surface area contributed by atoms with Gasteiger partial charge < -0.3 is 15.0 Å². The van der Waals surface area contributed by atoms with Gasteiger partial charge in [0.1, 0.15) is 5.69 Å². The molecule has 0 spiro atoms. The van der Waals surface area contributed by atoms with Crippen molar-refractivity contribution >= 4 is 40.4 Å². The second kappa shape index (κ2) is 10.4. The molecule has 2 heterocycles. The van der Waals surface area contributed by atoms with Crippen LogP contribution in [0.5, 0.6) is 0 Å². The van der Waals surface area contributed by atoms with Gasteiger partial charge in [-0.05, 0) is 38.0 Å². The van der Waals surface area contributed by atoms with Crippen LogP contribution >= 0.6 is 11.3 Å². The third-order valence-electron chi connectivity index (χ3n) is 5.33. The lowest BCUT2D eigenvalue weighted by molar-refractivity contribution is -0.384. The van der Waals surface area contributed by atoms with Crippen LogP contribution in [0.3, 0.4) is 0 Å². The van der Waals surface area contributed by atoms with Crippen LogP contribution in [0.25, 0.3) is 0 Å². The molecule has 0 aliphatic carbocycles. The molecular weight excluding hydrogens is 434 g/mol. The van der Waals surface area contributed by atoms with Gasteiger partial charge in [0.05, 0.1) is 22.3 Å². The largest absolute Gasteiger partial charge is 0.454 e. The van der Waals surface area contributed by atoms with Gasteiger partial charge in [0.15, 0.2) is 6.10 Å². The lowest BCUT2D eigenvalue weighted by Gasteiger charge is -2.32. The summed E-state index contributed by atoms with van der Waals surface area (Å²) in [5.74, 6) is -1.22. The number of Topliss-reactive ketones (excluding diaryl/α,β-unsaturated/α-hetero) is 1. The number of nitro benzene ring substituents is 1. The van der Waals surface area contributed by atoms with Crippen LogP contribution in [0.15, 0.2) is 36.4 Å². The van der Waals surface area contributed by atoms with E-state index in [9.17, 15) is 24.5 Å². The first-order valence-corrected chi connectivity index (χ1v) is 11.1. The Kier molecular flexibility index (Phi) is 7.57. The van der Waals surface area contributed by atoms with Gasteiger partial charge in [-0.2, -0.15) is 0 Å². The zero-order valence-corrected chi connectivity index (χ0v) is 18.7. The van der Waals surface area contributed by atoms with Crippen molar-refractivity contribution in [3.63, 3.8) is 0 Å². The third kappa shape index (κ3) is 5.70. The molecule has 0 saturated carbocycles. The minimum atomic E-state index is -0.914. The molecule has 1 unspecified atom stereocenters. The van der Waals surface area contributed by atoms with E-state index in [1.165, 1.54) is 24.3 Å². The van der Waals surface area contributed by atoms with Crippen molar-refractivity contribution in [1.82, 2.24) is 5.32 Å². The summed E-state index contributed by atoms with van der Waals surface area (Å²) in [6.07, 6.45) is 0.0696. The minimum Gasteiger partial charge on any atom is -0.454 e. The topological polar surface area (TPSA) is 119 Å². The summed E-state index contributed by atoms with van der Waals surface area (Å²) in [6.45, 7) is 4.30. The van der Waals surface area contributed by atoms with Crippen molar-refractivity contribution < 1.29 is 24.0 Å². The molecule has 0 radical (unpaired) electrons. The van der Waals surface area contributed by atoms with E-state index in [4.69, 9.17) is 4.74 Å². The molecule has 170 valence electrons. The predicted octanol–water partition coefficient (Wildman–Crippen LogP) is 3.32. The predicted molar refractivity (Wildman–Crippen MR) is 120 cm³/mol. The van der Waals surface area contributed by atoms with Crippen molar-refractivity contribution in [1.29, 1.82) is 0 Å². The zero-order valence-electron chi connectivity index (χ0n) is 17.9. The maximum atomic E-state index is 12.6. The number of amides is 1. The van der Waals surface area contributed by atoms with Crippen LogP contribution < -0.4 is 10.2 Å². The van der Waals surface area contributed by atoms with Crippen LogP contribution in [0.1, 0.15) is 41.2 Å². The summed E-state index contributed by atoms with van der Waals surface area (Å²) in [6, 6.07) is 9.98. The lowest BCUT2D eigenvalue weighted by Crippen LogP contribution is -2.38. The highest BCUT2D eigenvalue weighted by molar-refractivity contribution is 7.14. The highest BCUT2D eigenvalue weighted by atomic mass is 32.1. The van der Waals surface area contributed by atoms with Gasteiger partial charge in [-0.3, -0.25) is 24.5 Å². The van der Waals surface area contributed by atoms with Crippen molar-refractivity contribution in [3.8, 4) is 0 Å². The number of thiophene rings is 1. The Morgan fingerprint density at radius 2 is 1.91 bits per heavy atom. The SMILES string of the molecule is CC(=O)NCc1ccc(C(=O)C(C)OC(=O)C2CCN(c3ccccc3[N+](=O)[O-])CC2)s1. The van der Waals surface area contributed by atoms with Crippen molar-refractivity contribution in [2.45, 2.75) is 39.3 Å². The van der Waals surface area contributed by atoms with Crippen LogP contribution in [0.4, 0.5) is 11.4 Å². The van der Waals surface area contributed by atoms with Crippen LogP contribution in [-0.2, 0) is 20.9 Å². The Hall–Kier alpha value is -3.27. The number of benzene rings is 1. The van der Waals surface area contributed by atoms with E-state index >= 15 is 0 Å². The van der Waals surface area contributed by atoms with Crippen LogP contribution in [-0.4, -0.2) is 41.8 Å². The maximum Gasteiger partial charge on any atom is 0.309 e. The molecule has 2 aromatic rings. The van der Waals surface area contributed by atoms with Gasteiger partial charge in [-0.15, -0.1) is 11.3 Å². The van der Waals surface area contributed by atoms with Gasteiger partial charge in [-0.1, -0.05) is 12.1 Å². The average molecular weight is 460 g/mol. The first-order valence-electron chi connectivity index (χ1n) is 10.3. The highest BCUT2D eigenvalue weighted by Gasteiger charge is 2.31. The Balaban J connectivity index is 1.53. The molecule has 1 saturated heterocycles. The Labute approximate surface area is 189 Å². The molecule has 1 amide bonds. The molecule has 9 nitrogen and oxygen atoms in total. The van der Waals surface area contributed by atoms with Crippen LogP contribution in [0.2, 0.25) is 0 Å². The summed E-state index contributed by atoms with van der Waals surface area (Å²) in [5.41, 5.74) is 0.585. The number of carbonyl (C=O) groups is 3. The summed E-state index contributed by atoms with van der Waals surface area (Å²) >= 11 is 1.26. The first-order chi connectivity index (χ1) is 15.3. The monoisotopic (exact) mass is 459 g/mol. The molecule has 1 aromatic carbocycles. The lowest BCUT2D eigenvalue weighted by atomic mass is 9.96. The van der Waals surface area contributed by atoms with Crippen LogP contribution in [0, 0.1) is 16.0 Å². The molecule has 1 N–H and O–H groups in total. The van der Waals surface area contributed by atoms with Gasteiger partial charge in [0.25, 0.3) is 5.69 Å². The molecule has 1 fully saturated rings. The highest BCUT2D eigenvalue weighted by Crippen LogP contribution is 2.31. The van der Waals surface area contributed by atoms with E-state index in [0.717, 1.165) is 4.88 Å². The number of hydrogen-bond donors (Lipinski definition) is 1. The number of piperidine rings is 1. The van der Waals surface area contributed by atoms with Crippen molar-refractivity contribution in [3.05, 3.63) is 56.3 Å². The molecule has 1 aromatic heterocycles. The maximum absolute atomic E-state index is 12.6. The molecular formula is C22H25N3O6S. The molecule has 3 rings (SSSR count). The molecule has 10 heteroatoms. The van der Waals surface area contributed by atoms with Crippen molar-refractivity contribution in [2.75, 3.05) is 18.0 Å². The van der Waals surface area contributed by atoms with E-state index in [2.05, 4.69) is 5.32 Å². The second-order valence-corrected chi connectivity index (χ2v) is 8.79. The standard InChI is InChI=1S/C22H25N3O6S/c1-14(21(27)20-8-7-17(32-20)13-23-15(2)26)31-22(28)16-9-11-24(12-10-16)18-5-3-4-6-19(18)25(29)30/h3-8,14,16H,9-13H2,1-2H3,(H,23,26). The van der Waals surface area contributed by atoms with E-state index < -0.39 is 17.0 Å². The normalized spacial score (nSPS) is 15.1. The first kappa shape index (κ1) is 23.4. The fourth-order valence-corrected chi connectivity index (χ4v) is 4.55. The Morgan fingerprint density at radius 1 is 1.22 bits per heavy atom. The van der Waals surface area contributed by atoms with E-state index in [-0.39, 0.29) is 23.3 Å². The number of esters is 1. The number of para-hydroxylation sites is 2. The Morgan fingerprint density at radius 3 is 2.56 bits per heavy atom. The number of anilines is 1. The number of carbonyl (C=O) groups excluding carboxylic acids is 3. The summed E-state index contributed by atoms with van der Waals surface area (Å²) in [4.78, 5) is 50.3. The molecule has 1 aliphatic heterocycles. The number of nitrogens with one attached hydrogen (secondary N) is 1. The smallest absolute Gasteiger partial charge is 0.309 e. The van der Waals surface area contributed by atoms with Gasteiger partial charge in [0.2, 0.25) is 11.7 Å². The third-order valence-corrected chi connectivity index (χ3v) is 6.43. The quantitative estimate of drug-likeness (QED) is 0.278. The fraction of sp³-hybridized carbons (Fsp3) is 0.409. The average Bonchev–Trinajstić information content (AvgIpc) is 3.26. The molecule has 1 atom stereocenters. The number of rotatable bonds is 8. The fourth-order valence-electron chi connectivity index (χ4n) is 3.58. The summed E-state index contributed by atoms with van der Waals surface area (Å²) in [5, 5.41) is 13.9. The molecule has 32 heavy (non-hydrogen) atoms. The van der Waals surface area contributed by atoms with E-state index in [1.807, 2.05) is 4.90 Å². The number of nitro groups is 1. The number of ketones is 1. The minimum absolute atomic E-state index is 0.0431. The van der Waals surface area contributed by atoms with Gasteiger partial charge in [-0.25, -0.2) is 0 Å². The second-order valence-electron chi connectivity index (χ2n) is 7.63. The van der Waals surface area contributed by atoms with E-state index in [0.29, 0.717) is 43.0 Å². The number of hydrogen-bond acceptors (Lipinski definition) is 8.